The molecule has 0 aliphatic carbocycles. The predicted molar refractivity (Wildman–Crippen MR) is 75.7 cm³/mol. The molecule has 0 rings (SSSR count). The number of rotatable bonds is 8. The van der Waals surface area contributed by atoms with Crippen LogP contribution in [0.3, 0.4) is 0 Å². The average molecular weight is 285 g/mol. The molecule has 0 spiro atoms. The molecule has 16 heavy (non-hydrogen) atoms. The fraction of sp³-hybridized carbons (Fsp3) is 1.00. The highest BCUT2D eigenvalue weighted by atomic mass is 28.5. The van der Waals surface area contributed by atoms with E-state index in [2.05, 4.69) is 13.5 Å². The summed E-state index contributed by atoms with van der Waals surface area (Å²) in [5.74, 6) is 0. The lowest BCUT2D eigenvalue weighted by molar-refractivity contribution is 0.270. The summed E-state index contributed by atoms with van der Waals surface area (Å²) in [6.45, 7) is 8.32. The van der Waals surface area contributed by atoms with Crippen molar-refractivity contribution in [2.75, 3.05) is 14.2 Å². The second kappa shape index (κ2) is 9.51. The molecule has 0 saturated heterocycles. The summed E-state index contributed by atoms with van der Waals surface area (Å²) in [5.41, 5.74) is 0. The Morgan fingerprint density at radius 1 is 1.00 bits per heavy atom. The van der Waals surface area contributed by atoms with Gasteiger partial charge in [-0.1, -0.05) is 20.8 Å². The van der Waals surface area contributed by atoms with Gasteiger partial charge in [0.1, 0.15) is 0 Å². The maximum Gasteiger partial charge on any atom is 0.317 e. The summed E-state index contributed by atoms with van der Waals surface area (Å²) < 4.78 is 22.5. The summed E-state index contributed by atoms with van der Waals surface area (Å²) in [7, 11) is -1.65. The second-order valence-electron chi connectivity index (χ2n) is 3.73. The van der Waals surface area contributed by atoms with Gasteiger partial charge < -0.3 is 17.1 Å². The van der Waals surface area contributed by atoms with Gasteiger partial charge in [-0.05, 0) is 25.7 Å². The Bertz CT molecular complexity index is 159. The monoisotopic (exact) mass is 284 g/mol. The van der Waals surface area contributed by atoms with Crippen LogP contribution in [0.25, 0.3) is 0 Å². The molecule has 4 nitrogen and oxygen atoms in total. The van der Waals surface area contributed by atoms with Crippen LogP contribution in [-0.4, -0.2) is 41.3 Å². The minimum absolute atomic E-state index is 0. The molecule has 0 aliphatic rings. The van der Waals surface area contributed by atoms with Crippen molar-refractivity contribution in [2.24, 2.45) is 0 Å². The van der Waals surface area contributed by atoms with Crippen molar-refractivity contribution in [1.29, 1.82) is 0 Å². The Balaban J connectivity index is 0. The van der Waals surface area contributed by atoms with Crippen LogP contribution in [0.5, 0.6) is 0 Å². The normalized spacial score (nSPS) is 18.4. The van der Waals surface area contributed by atoms with Gasteiger partial charge in [-0.3, -0.25) is 0 Å². The minimum Gasteiger partial charge on any atom is -0.418 e. The first kappa shape index (κ1) is 18.8. The van der Waals surface area contributed by atoms with Gasteiger partial charge in [0, 0.05) is 14.2 Å². The Hall–Kier alpha value is 0.491. The summed E-state index contributed by atoms with van der Waals surface area (Å²) in [6, 6.07) is 1.01. The van der Waals surface area contributed by atoms with Crippen LogP contribution in [0.15, 0.2) is 0 Å². The maximum atomic E-state index is 5.99. The van der Waals surface area contributed by atoms with Crippen LogP contribution in [0, 0.1) is 0 Å². The van der Waals surface area contributed by atoms with Crippen LogP contribution >= 0.6 is 0 Å². The first-order valence-corrected chi connectivity index (χ1v) is 12.1. The molecule has 0 N–H and O–H groups in total. The summed E-state index contributed by atoms with van der Waals surface area (Å²) in [5, 5.41) is 0. The first-order valence-electron chi connectivity index (χ1n) is 5.38. The molecule has 0 amide bonds. The van der Waals surface area contributed by atoms with E-state index in [4.69, 9.17) is 17.1 Å². The van der Waals surface area contributed by atoms with Gasteiger partial charge in [0.15, 0.2) is 0 Å². The van der Waals surface area contributed by atoms with E-state index in [0.29, 0.717) is 0 Å². The maximum absolute atomic E-state index is 5.99. The van der Waals surface area contributed by atoms with Gasteiger partial charge in [-0.15, -0.1) is 0 Å². The van der Waals surface area contributed by atoms with Crippen molar-refractivity contribution in [2.45, 2.75) is 46.5 Å². The molecular formula is C9H28O4Si3. The third kappa shape index (κ3) is 7.71. The summed E-state index contributed by atoms with van der Waals surface area (Å²) >= 11 is 0. The van der Waals surface area contributed by atoms with E-state index in [1.165, 1.54) is 0 Å². The molecular weight excluding hydrogens is 256 g/mol. The molecule has 0 aromatic heterocycles. The SMILES string of the molecule is C.CCC[Si](C)(O[SiH](C)OC)O[SiH](C)OC. The number of hydrogen-bond donors (Lipinski definition) is 0. The fourth-order valence-corrected chi connectivity index (χ4v) is 10.4. The summed E-state index contributed by atoms with van der Waals surface area (Å²) in [4.78, 5) is 0. The highest BCUT2D eigenvalue weighted by molar-refractivity contribution is 6.77. The van der Waals surface area contributed by atoms with Crippen molar-refractivity contribution < 1.29 is 17.1 Å². The van der Waals surface area contributed by atoms with E-state index in [0.717, 1.165) is 12.5 Å². The molecule has 100 valence electrons. The van der Waals surface area contributed by atoms with E-state index >= 15 is 0 Å². The second-order valence-corrected chi connectivity index (χ2v) is 11.6. The van der Waals surface area contributed by atoms with Crippen molar-refractivity contribution in [3.05, 3.63) is 0 Å². The summed E-state index contributed by atoms with van der Waals surface area (Å²) in [6.07, 6.45) is 1.08. The van der Waals surface area contributed by atoms with Crippen LogP contribution in [0.4, 0.5) is 0 Å². The van der Waals surface area contributed by atoms with Crippen LogP contribution in [0.1, 0.15) is 20.8 Å². The van der Waals surface area contributed by atoms with Crippen molar-refractivity contribution in [3.63, 3.8) is 0 Å². The lowest BCUT2D eigenvalue weighted by Gasteiger charge is -2.31. The zero-order chi connectivity index (χ0) is 11.9. The molecule has 0 heterocycles. The van der Waals surface area contributed by atoms with Gasteiger partial charge in [-0.2, -0.15) is 0 Å². The Morgan fingerprint density at radius 3 is 1.62 bits per heavy atom. The Labute approximate surface area is 105 Å². The lowest BCUT2D eigenvalue weighted by atomic mass is 10.6. The standard InChI is InChI=1S/C8H24O4Si3.CH4/c1-7-8-15(6,11-13(4)9-2)12-14(5)10-3;/h13-14H,7-8H2,1-6H3;1H4. The van der Waals surface area contributed by atoms with Crippen molar-refractivity contribution in [3.8, 4) is 0 Å². The molecule has 0 bridgehead atoms. The van der Waals surface area contributed by atoms with Crippen molar-refractivity contribution in [1.82, 2.24) is 0 Å². The highest BCUT2D eigenvalue weighted by Gasteiger charge is 2.34. The van der Waals surface area contributed by atoms with E-state index < -0.39 is 27.1 Å². The van der Waals surface area contributed by atoms with Crippen LogP contribution < -0.4 is 0 Å². The van der Waals surface area contributed by atoms with Crippen LogP contribution in [0.2, 0.25) is 25.7 Å². The predicted octanol–water partition coefficient (Wildman–Crippen LogP) is 2.13. The molecule has 0 aromatic carbocycles. The molecule has 2 unspecified atom stereocenters. The van der Waals surface area contributed by atoms with Crippen LogP contribution in [-0.2, 0) is 17.1 Å². The topological polar surface area (TPSA) is 36.9 Å². The zero-order valence-electron chi connectivity index (χ0n) is 10.7. The van der Waals surface area contributed by atoms with E-state index in [9.17, 15) is 0 Å². The van der Waals surface area contributed by atoms with E-state index in [1.807, 2.05) is 13.1 Å². The third-order valence-corrected chi connectivity index (χ3v) is 11.6. The fourth-order valence-electron chi connectivity index (χ4n) is 1.40. The Morgan fingerprint density at radius 2 is 1.38 bits per heavy atom. The largest absolute Gasteiger partial charge is 0.418 e. The molecule has 0 radical (unpaired) electrons. The average Bonchev–Trinajstić information content (AvgIpc) is 2.17. The smallest absolute Gasteiger partial charge is 0.317 e. The highest BCUT2D eigenvalue weighted by Crippen LogP contribution is 2.18. The van der Waals surface area contributed by atoms with Gasteiger partial charge in [0.2, 0.25) is 0 Å². The van der Waals surface area contributed by atoms with E-state index in [1.54, 1.807) is 14.2 Å². The van der Waals surface area contributed by atoms with Gasteiger partial charge in [0.05, 0.1) is 0 Å². The first-order chi connectivity index (χ1) is 6.97. The Kier molecular flexibility index (Phi) is 11.2. The minimum atomic E-state index is -2.04. The third-order valence-electron chi connectivity index (χ3n) is 2.20. The quantitative estimate of drug-likeness (QED) is 0.640. The van der Waals surface area contributed by atoms with Gasteiger partial charge in [0.25, 0.3) is 0 Å². The van der Waals surface area contributed by atoms with Gasteiger partial charge >= 0.3 is 27.1 Å². The molecule has 0 aliphatic heterocycles. The van der Waals surface area contributed by atoms with E-state index in [-0.39, 0.29) is 7.43 Å². The molecule has 7 heteroatoms. The zero-order valence-corrected chi connectivity index (χ0v) is 14.0. The molecule has 2 atom stereocenters. The molecule has 0 fully saturated rings. The number of hydrogen-bond acceptors (Lipinski definition) is 4. The lowest BCUT2D eigenvalue weighted by Crippen LogP contribution is -2.47. The molecule has 0 saturated carbocycles. The van der Waals surface area contributed by atoms with Gasteiger partial charge in [-0.25, -0.2) is 0 Å². The molecule has 0 aromatic rings. The van der Waals surface area contributed by atoms with Crippen molar-refractivity contribution >= 4 is 27.1 Å².